The van der Waals surface area contributed by atoms with Crippen molar-refractivity contribution in [3.05, 3.63) is 61.8 Å². The minimum Gasteiger partial charge on any atom is -0.411 e. The van der Waals surface area contributed by atoms with Gasteiger partial charge in [0, 0.05) is 35.2 Å². The maximum Gasteiger partial charge on any atom is 0.191 e. The van der Waals surface area contributed by atoms with Crippen LogP contribution in [0.3, 0.4) is 0 Å². The van der Waals surface area contributed by atoms with Crippen LogP contribution in [0.1, 0.15) is 116 Å². The Hall–Kier alpha value is -4.51. The summed E-state index contributed by atoms with van der Waals surface area (Å²) in [7, 11) is 1.00. The molecule has 0 aliphatic carbocycles. The average molecular weight is 816 g/mol. The number of hydrogen-bond donors (Lipinski definition) is 4. The number of aliphatic hydroxyl groups excluding tert-OH is 1. The van der Waals surface area contributed by atoms with Crippen molar-refractivity contribution in [3.8, 4) is 0 Å². The molecule has 21 heteroatoms. The molecule has 0 aliphatic heterocycles. The lowest BCUT2D eigenvalue weighted by Crippen LogP contribution is -2.11. The van der Waals surface area contributed by atoms with Crippen molar-refractivity contribution in [1.82, 2.24) is 74.2 Å². The van der Waals surface area contributed by atoms with Gasteiger partial charge >= 0.3 is 0 Å². The molecule has 50 heavy (non-hydrogen) atoms. The van der Waals surface area contributed by atoms with Crippen LogP contribution in [0.25, 0.3) is 0 Å². The zero-order valence-corrected chi connectivity index (χ0v) is 32.9. The SMILES string of the molecule is CC(C)I.CC(C)n1cncn1.CC(C)n1ncnc1C=NO.CC(C)n1ncnc1C=O.CC(C)n1ncnc1CN.CO.c1nc[nH]n1. The van der Waals surface area contributed by atoms with Gasteiger partial charge in [-0.15, -0.1) is 0 Å². The van der Waals surface area contributed by atoms with E-state index < -0.39 is 0 Å². The van der Waals surface area contributed by atoms with E-state index in [-0.39, 0.29) is 12.1 Å². The number of carbonyl (C=O) groups excluding carboxylic acids is 1. The molecule has 5 heterocycles. The number of aromatic nitrogens is 15. The highest BCUT2D eigenvalue weighted by atomic mass is 127. The zero-order valence-electron chi connectivity index (χ0n) is 30.8. The van der Waals surface area contributed by atoms with Crippen molar-refractivity contribution < 1.29 is 15.1 Å². The van der Waals surface area contributed by atoms with Crippen LogP contribution in [-0.4, -0.2) is 108 Å². The van der Waals surface area contributed by atoms with Crippen LogP contribution in [-0.2, 0) is 6.54 Å². The molecule has 0 atom stereocenters. The van der Waals surface area contributed by atoms with Crippen LogP contribution >= 0.6 is 22.6 Å². The minimum absolute atomic E-state index is 0.197. The van der Waals surface area contributed by atoms with Crippen molar-refractivity contribution >= 4 is 35.1 Å². The fourth-order valence-electron chi connectivity index (χ4n) is 3.04. The highest BCUT2D eigenvalue weighted by molar-refractivity contribution is 14.1. The number of aldehydes is 1. The van der Waals surface area contributed by atoms with Crippen molar-refractivity contribution in [2.24, 2.45) is 10.9 Å². The van der Waals surface area contributed by atoms with E-state index in [4.69, 9.17) is 16.0 Å². The molecule has 5 aromatic rings. The van der Waals surface area contributed by atoms with E-state index >= 15 is 0 Å². The number of rotatable bonds is 7. The van der Waals surface area contributed by atoms with Crippen LogP contribution in [0.2, 0.25) is 0 Å². The number of oxime groups is 1. The predicted octanol–water partition coefficient (Wildman–Crippen LogP) is 3.76. The Balaban J connectivity index is 0. The molecule has 0 saturated carbocycles. The molecular formula is C29H54IN17O3. The molecule has 280 valence electrons. The second-order valence-corrected chi connectivity index (χ2v) is 13.2. The Bertz CT molecular complexity index is 1440. The number of aliphatic hydroxyl groups is 1. The van der Waals surface area contributed by atoms with Gasteiger partial charge in [-0.3, -0.25) is 14.6 Å². The van der Waals surface area contributed by atoms with E-state index in [9.17, 15) is 4.79 Å². The van der Waals surface area contributed by atoms with Crippen molar-refractivity contribution in [1.29, 1.82) is 0 Å². The number of nitrogens with one attached hydrogen (secondary N) is 1. The first-order valence-electron chi connectivity index (χ1n) is 15.5. The molecule has 0 fully saturated rings. The second-order valence-electron chi connectivity index (χ2n) is 10.7. The maximum atomic E-state index is 10.3. The number of halogens is 1. The first-order chi connectivity index (χ1) is 23.8. The van der Waals surface area contributed by atoms with Crippen molar-refractivity contribution in [2.45, 2.75) is 104 Å². The van der Waals surface area contributed by atoms with Gasteiger partial charge in [-0.1, -0.05) is 41.6 Å². The minimum atomic E-state index is 0.197. The Morgan fingerprint density at radius 2 is 1.26 bits per heavy atom. The third-order valence-corrected chi connectivity index (χ3v) is 5.07. The summed E-state index contributed by atoms with van der Waals surface area (Å²) in [5, 5.41) is 39.8. The molecule has 5 rings (SSSR count). The van der Waals surface area contributed by atoms with Gasteiger partial charge in [0.25, 0.3) is 0 Å². The fourth-order valence-corrected chi connectivity index (χ4v) is 3.04. The molecule has 5 N–H and O–H groups in total. The third-order valence-electron chi connectivity index (χ3n) is 5.07. The van der Waals surface area contributed by atoms with Crippen molar-refractivity contribution in [3.63, 3.8) is 0 Å². The van der Waals surface area contributed by atoms with Crippen LogP contribution in [0.5, 0.6) is 0 Å². The standard InChI is InChI=1S/C6H10N4O.C6H12N4.C6H9N3O.C5H9N3.C3H7I.C2H3N3.CH4O/c1-5(2)10-6(3-9-11)7-4-8-10;1-5(2)10-6(3-7)8-4-9-10;1-5(2)9-6(3-10)7-4-8-9;1-5(2)8-4-6-3-7-8;1-3(2)4;1-3-2-5-4-1;1-2/h3-5,11H,1-2H3;4-5H,3,7H2,1-2H3;3-5H,1-2H3;3-5H,1-2H3;3H,1-2H3;1-2H,(H,3,4,5);2H,1H3. The van der Waals surface area contributed by atoms with E-state index in [1.807, 2.05) is 46.2 Å². The lowest BCUT2D eigenvalue weighted by Gasteiger charge is -2.06. The van der Waals surface area contributed by atoms with Crippen LogP contribution in [0.15, 0.2) is 49.4 Å². The highest BCUT2D eigenvalue weighted by Gasteiger charge is 2.05. The number of nitrogens with zero attached hydrogens (tertiary/aromatic N) is 15. The molecule has 0 radical (unpaired) electrons. The fraction of sp³-hybridized carbons (Fsp3) is 0.586. The first-order valence-corrected chi connectivity index (χ1v) is 16.8. The summed E-state index contributed by atoms with van der Waals surface area (Å²) in [5.74, 6) is 1.78. The molecular weight excluding hydrogens is 761 g/mol. The van der Waals surface area contributed by atoms with Gasteiger partial charge in [0.05, 0.1) is 6.54 Å². The lowest BCUT2D eigenvalue weighted by atomic mass is 10.4. The van der Waals surface area contributed by atoms with E-state index in [1.54, 1.807) is 26.7 Å². The molecule has 0 amide bonds. The van der Waals surface area contributed by atoms with E-state index in [0.717, 1.165) is 16.9 Å². The van der Waals surface area contributed by atoms with Gasteiger partial charge in [0.1, 0.15) is 56.3 Å². The molecule has 0 unspecified atom stereocenters. The van der Waals surface area contributed by atoms with Gasteiger partial charge in [0.15, 0.2) is 17.9 Å². The third kappa shape index (κ3) is 21.5. The monoisotopic (exact) mass is 815 g/mol. The Kier molecular flexibility index (Phi) is 28.0. The first kappa shape index (κ1) is 47.6. The number of nitrogens with two attached hydrogens (primary N) is 1. The van der Waals surface area contributed by atoms with E-state index in [1.165, 1.54) is 37.9 Å². The zero-order chi connectivity index (χ0) is 38.5. The molecule has 0 spiro atoms. The van der Waals surface area contributed by atoms with Gasteiger partial charge < -0.3 is 16.0 Å². The predicted molar refractivity (Wildman–Crippen MR) is 198 cm³/mol. The van der Waals surface area contributed by atoms with Crippen LogP contribution in [0.4, 0.5) is 0 Å². The van der Waals surface area contributed by atoms with Gasteiger partial charge in [-0.05, 0) is 55.4 Å². The number of alkyl halides is 1. The van der Waals surface area contributed by atoms with E-state index in [0.29, 0.717) is 36.6 Å². The molecule has 0 aliphatic rings. The molecule has 0 bridgehead atoms. The Labute approximate surface area is 307 Å². The topological polar surface area (TPSA) is 260 Å². The van der Waals surface area contributed by atoms with Gasteiger partial charge in [0.2, 0.25) is 0 Å². The largest absolute Gasteiger partial charge is 0.411 e. The summed E-state index contributed by atoms with van der Waals surface area (Å²) < 4.78 is 7.67. The molecule has 5 aromatic heterocycles. The number of aromatic amines is 1. The summed E-state index contributed by atoms with van der Waals surface area (Å²) in [5.41, 5.74) is 5.41. The van der Waals surface area contributed by atoms with Gasteiger partial charge in [-0.25, -0.2) is 39.0 Å². The maximum absolute atomic E-state index is 10.3. The van der Waals surface area contributed by atoms with E-state index in [2.05, 4.69) is 111 Å². The summed E-state index contributed by atoms with van der Waals surface area (Å²) >= 11 is 2.34. The summed E-state index contributed by atoms with van der Waals surface area (Å²) in [6.45, 7) is 20.8. The average Bonchev–Trinajstić information content (AvgIpc) is 3.93. The Morgan fingerprint density at radius 1 is 0.760 bits per heavy atom. The highest BCUT2D eigenvalue weighted by Crippen LogP contribution is 2.04. The molecule has 20 nitrogen and oxygen atoms in total. The number of H-pyrrole nitrogens is 1. The summed E-state index contributed by atoms with van der Waals surface area (Å²) in [6, 6.07) is 1.20. The molecule has 0 aromatic carbocycles. The summed E-state index contributed by atoms with van der Waals surface area (Å²) in [6.07, 6.45) is 12.5. The van der Waals surface area contributed by atoms with Crippen molar-refractivity contribution in [2.75, 3.05) is 7.11 Å². The molecule has 0 saturated heterocycles. The smallest absolute Gasteiger partial charge is 0.191 e. The lowest BCUT2D eigenvalue weighted by molar-refractivity contribution is 0.110. The quantitative estimate of drug-likeness (QED) is 0.0456. The van der Waals surface area contributed by atoms with Crippen LogP contribution in [0, 0.1) is 0 Å². The van der Waals surface area contributed by atoms with Crippen LogP contribution < -0.4 is 5.73 Å². The normalized spacial score (nSPS) is 10.1. The van der Waals surface area contributed by atoms with Gasteiger partial charge in [-0.2, -0.15) is 25.5 Å². The second kappa shape index (κ2) is 29.4. The number of hydrogen-bond acceptors (Lipinski definition) is 15. The summed E-state index contributed by atoms with van der Waals surface area (Å²) in [4.78, 5) is 29.2. The number of carbonyl (C=O) groups is 1. The Morgan fingerprint density at radius 3 is 1.56 bits per heavy atom.